The van der Waals surface area contributed by atoms with Crippen LogP contribution in [0.15, 0.2) is 77.2 Å². The molecule has 192 valence electrons. The maximum absolute atomic E-state index is 13.5. The Balaban J connectivity index is 1.43. The molecular formula is C33H31NO4. The Bertz CT molecular complexity index is 1690. The van der Waals surface area contributed by atoms with Gasteiger partial charge >= 0.3 is 0 Å². The highest BCUT2D eigenvalue weighted by Gasteiger charge is 2.42. The molecule has 5 aromatic rings. The summed E-state index contributed by atoms with van der Waals surface area (Å²) in [5.74, 6) is 0.127. The van der Waals surface area contributed by atoms with Crippen molar-refractivity contribution in [2.45, 2.75) is 44.9 Å². The molecule has 0 unspecified atom stereocenters. The van der Waals surface area contributed by atoms with E-state index in [2.05, 4.69) is 43.4 Å². The second-order valence-corrected chi connectivity index (χ2v) is 10.1. The number of phenols is 1. The molecule has 0 radical (unpaired) electrons. The number of fused-ring (bicyclic) bond motifs is 6. The summed E-state index contributed by atoms with van der Waals surface area (Å²) in [6.07, 6.45) is 4.09. The molecule has 1 amide bonds. The molecule has 1 heterocycles. The second kappa shape index (κ2) is 9.25. The van der Waals surface area contributed by atoms with Crippen LogP contribution < -0.4 is 10.1 Å². The Morgan fingerprint density at radius 1 is 0.868 bits per heavy atom. The van der Waals surface area contributed by atoms with E-state index >= 15 is 0 Å². The second-order valence-electron chi connectivity index (χ2n) is 10.1. The molecule has 6 rings (SSSR count). The zero-order chi connectivity index (χ0) is 26.4. The van der Waals surface area contributed by atoms with Crippen molar-refractivity contribution in [1.29, 1.82) is 0 Å². The van der Waals surface area contributed by atoms with E-state index in [0.717, 1.165) is 53.2 Å². The van der Waals surface area contributed by atoms with Crippen molar-refractivity contribution in [2.75, 3.05) is 12.4 Å². The van der Waals surface area contributed by atoms with Gasteiger partial charge in [-0.15, -0.1) is 0 Å². The Morgan fingerprint density at radius 2 is 1.61 bits per heavy atom. The molecule has 0 spiro atoms. The predicted molar refractivity (Wildman–Crippen MR) is 152 cm³/mol. The summed E-state index contributed by atoms with van der Waals surface area (Å²) in [4.78, 5) is 13.5. The molecule has 1 aromatic heterocycles. The molecule has 4 aromatic carbocycles. The van der Waals surface area contributed by atoms with Crippen LogP contribution in [0.5, 0.6) is 11.5 Å². The summed E-state index contributed by atoms with van der Waals surface area (Å²) in [7, 11) is 1.55. The molecule has 5 heteroatoms. The summed E-state index contributed by atoms with van der Waals surface area (Å²) >= 11 is 0. The van der Waals surface area contributed by atoms with E-state index < -0.39 is 0 Å². The first-order valence-corrected chi connectivity index (χ1v) is 13.3. The van der Waals surface area contributed by atoms with Crippen molar-refractivity contribution >= 4 is 33.5 Å². The van der Waals surface area contributed by atoms with Gasteiger partial charge in [-0.25, -0.2) is 0 Å². The normalized spacial score (nSPS) is 13.4. The molecule has 0 aliphatic heterocycles. The van der Waals surface area contributed by atoms with Gasteiger partial charge in [0, 0.05) is 16.2 Å². The van der Waals surface area contributed by atoms with Gasteiger partial charge in [-0.2, -0.15) is 0 Å². The van der Waals surface area contributed by atoms with Gasteiger partial charge in [-0.1, -0.05) is 69.2 Å². The molecule has 5 nitrogen and oxygen atoms in total. The van der Waals surface area contributed by atoms with Crippen molar-refractivity contribution < 1.29 is 19.1 Å². The minimum atomic E-state index is -0.376. The quantitative estimate of drug-likeness (QED) is 0.218. The van der Waals surface area contributed by atoms with Crippen LogP contribution >= 0.6 is 0 Å². The van der Waals surface area contributed by atoms with Crippen LogP contribution in [0.3, 0.4) is 0 Å². The number of anilines is 1. The number of phenolic OH excluding ortho intramolecular Hbond substituents is 1. The third-order valence-corrected chi connectivity index (χ3v) is 7.93. The fourth-order valence-electron chi connectivity index (χ4n) is 6.39. The van der Waals surface area contributed by atoms with E-state index in [1.54, 1.807) is 13.2 Å². The Kier molecular flexibility index (Phi) is 5.87. The highest BCUT2D eigenvalue weighted by molar-refractivity contribution is 6.12. The fourth-order valence-corrected chi connectivity index (χ4v) is 6.39. The summed E-state index contributed by atoms with van der Waals surface area (Å²) in [6, 6.07) is 23.6. The number of para-hydroxylation sites is 1. The van der Waals surface area contributed by atoms with Crippen LogP contribution in [0.4, 0.5) is 5.69 Å². The molecule has 1 aliphatic carbocycles. The van der Waals surface area contributed by atoms with Crippen molar-refractivity contribution in [3.63, 3.8) is 0 Å². The lowest BCUT2D eigenvalue weighted by atomic mass is 9.71. The number of ether oxygens (including phenoxy) is 1. The Morgan fingerprint density at radius 3 is 2.37 bits per heavy atom. The van der Waals surface area contributed by atoms with Gasteiger partial charge in [0.15, 0.2) is 0 Å². The van der Waals surface area contributed by atoms with E-state index in [9.17, 15) is 9.90 Å². The number of benzene rings is 4. The number of carbonyl (C=O) groups is 1. The van der Waals surface area contributed by atoms with Gasteiger partial charge in [0.25, 0.3) is 5.91 Å². The highest BCUT2D eigenvalue weighted by Crippen LogP contribution is 2.55. The minimum absolute atomic E-state index is 0.0604. The fraction of sp³-hybridized carbons (Fsp3) is 0.242. The van der Waals surface area contributed by atoms with Crippen molar-refractivity contribution in [1.82, 2.24) is 0 Å². The smallest absolute Gasteiger partial charge is 0.259 e. The summed E-state index contributed by atoms with van der Waals surface area (Å²) in [5, 5.41) is 15.9. The molecule has 0 fully saturated rings. The number of methoxy groups -OCH3 is 1. The van der Waals surface area contributed by atoms with E-state index in [0.29, 0.717) is 22.6 Å². The predicted octanol–water partition coefficient (Wildman–Crippen LogP) is 8.42. The monoisotopic (exact) mass is 505 g/mol. The zero-order valence-corrected chi connectivity index (χ0v) is 21.9. The third kappa shape index (κ3) is 3.57. The van der Waals surface area contributed by atoms with Gasteiger partial charge < -0.3 is 19.6 Å². The van der Waals surface area contributed by atoms with Crippen molar-refractivity contribution in [2.24, 2.45) is 0 Å². The Hall–Kier alpha value is -4.25. The standard InChI is InChI=1S/C33H31NO4/c1-4-14-33(15-5-2)25-12-8-6-10-20(25)22-16-27(28(35)19-26(22)33)34-32(36)24-18-31-23(17-30(24)37-3)21-11-7-9-13-29(21)38-31/h6-13,16-19,35H,4-5,14-15H2,1-3H3,(H,34,36). The SMILES string of the molecule is CCCC1(CCC)c2ccccc2-c2cc(NC(=O)c3cc4oc5ccccc5c4cc3OC)c(O)cc21. The number of carbonyl (C=O) groups excluding carboxylic acids is 1. The summed E-state index contributed by atoms with van der Waals surface area (Å²) in [6.45, 7) is 4.41. The van der Waals surface area contributed by atoms with Crippen molar-refractivity contribution in [3.05, 3.63) is 89.5 Å². The number of furan rings is 1. The van der Waals surface area contributed by atoms with Gasteiger partial charge in [0.2, 0.25) is 0 Å². The average Bonchev–Trinajstić information content (AvgIpc) is 3.42. The summed E-state index contributed by atoms with van der Waals surface area (Å²) < 4.78 is 11.6. The van der Waals surface area contributed by atoms with Gasteiger partial charge in [-0.3, -0.25) is 4.79 Å². The minimum Gasteiger partial charge on any atom is -0.506 e. The first-order chi connectivity index (χ1) is 18.5. The molecule has 0 saturated heterocycles. The maximum Gasteiger partial charge on any atom is 0.259 e. The molecule has 0 saturated carbocycles. The molecule has 1 aliphatic rings. The molecule has 2 N–H and O–H groups in total. The number of hydrogen-bond donors (Lipinski definition) is 2. The van der Waals surface area contributed by atoms with Gasteiger partial charge in [0.1, 0.15) is 22.7 Å². The maximum atomic E-state index is 13.5. The number of nitrogens with one attached hydrogen (secondary N) is 1. The van der Waals surface area contributed by atoms with Crippen LogP contribution in [0.2, 0.25) is 0 Å². The summed E-state index contributed by atoms with van der Waals surface area (Å²) in [5.41, 5.74) is 6.61. The van der Waals surface area contributed by atoms with E-state index in [1.807, 2.05) is 42.5 Å². The lowest BCUT2D eigenvalue weighted by molar-refractivity contribution is 0.102. The molecule has 38 heavy (non-hydrogen) atoms. The topological polar surface area (TPSA) is 71.7 Å². The first kappa shape index (κ1) is 24.1. The zero-order valence-electron chi connectivity index (χ0n) is 21.9. The van der Waals surface area contributed by atoms with E-state index in [-0.39, 0.29) is 17.1 Å². The third-order valence-electron chi connectivity index (χ3n) is 7.93. The number of rotatable bonds is 7. The lowest BCUT2D eigenvalue weighted by Gasteiger charge is -2.32. The van der Waals surface area contributed by atoms with Gasteiger partial charge in [-0.05, 0) is 65.4 Å². The van der Waals surface area contributed by atoms with Crippen LogP contribution in [0.1, 0.15) is 61.0 Å². The Labute approximate surface area is 222 Å². The first-order valence-electron chi connectivity index (χ1n) is 13.3. The van der Waals surface area contributed by atoms with E-state index in [4.69, 9.17) is 9.15 Å². The van der Waals surface area contributed by atoms with Gasteiger partial charge in [0.05, 0.1) is 18.4 Å². The largest absolute Gasteiger partial charge is 0.506 e. The van der Waals surface area contributed by atoms with Crippen LogP contribution in [0.25, 0.3) is 33.1 Å². The van der Waals surface area contributed by atoms with Crippen LogP contribution in [-0.2, 0) is 5.41 Å². The molecule has 0 atom stereocenters. The lowest BCUT2D eigenvalue weighted by Crippen LogP contribution is -2.25. The number of aromatic hydroxyl groups is 1. The number of amides is 1. The molecular weight excluding hydrogens is 474 g/mol. The van der Waals surface area contributed by atoms with Crippen LogP contribution in [-0.4, -0.2) is 18.1 Å². The number of hydrogen-bond acceptors (Lipinski definition) is 4. The average molecular weight is 506 g/mol. The van der Waals surface area contributed by atoms with E-state index in [1.165, 1.54) is 11.1 Å². The van der Waals surface area contributed by atoms with Crippen molar-refractivity contribution in [3.8, 4) is 22.6 Å². The highest BCUT2D eigenvalue weighted by atomic mass is 16.5. The van der Waals surface area contributed by atoms with Crippen LogP contribution in [0, 0.1) is 0 Å². The molecule has 0 bridgehead atoms.